The second kappa shape index (κ2) is 4.75. The van der Waals surface area contributed by atoms with E-state index in [9.17, 15) is 22.8 Å². The number of benzene rings is 1. The van der Waals surface area contributed by atoms with Crippen LogP contribution >= 0.6 is 11.6 Å². The molecule has 1 aromatic rings. The minimum atomic E-state index is -4.74. The Morgan fingerprint density at radius 3 is 2.35 bits per heavy atom. The highest BCUT2D eigenvalue weighted by atomic mass is 35.5. The first kappa shape index (κ1) is 13.5. The zero-order valence-corrected chi connectivity index (χ0v) is 9.22. The summed E-state index contributed by atoms with van der Waals surface area (Å²) in [6.45, 7) is 0. The first-order valence-electron chi connectivity index (χ1n) is 4.25. The molecule has 0 saturated heterocycles. The molecule has 0 aromatic heterocycles. The van der Waals surface area contributed by atoms with E-state index in [0.29, 0.717) is 6.07 Å². The molecule has 92 valence electrons. The molecule has 7 heteroatoms. The summed E-state index contributed by atoms with van der Waals surface area (Å²) in [4.78, 5) is 21.5. The smallest absolute Gasteiger partial charge is 0.420 e. The van der Waals surface area contributed by atoms with Crippen molar-refractivity contribution in [2.75, 3.05) is 7.11 Å². The quantitative estimate of drug-likeness (QED) is 0.624. The minimum absolute atomic E-state index is 0.192. The van der Waals surface area contributed by atoms with Gasteiger partial charge in [-0.1, -0.05) is 0 Å². The summed E-state index contributed by atoms with van der Waals surface area (Å²) in [6, 6.07) is 1.53. The predicted molar refractivity (Wildman–Crippen MR) is 53.6 cm³/mol. The number of aldehydes is 1. The molecule has 0 bridgehead atoms. The maximum absolute atomic E-state index is 12.6. The third-order valence-electron chi connectivity index (χ3n) is 1.97. The maximum atomic E-state index is 12.6. The number of hydrogen-bond acceptors (Lipinski definition) is 3. The molecule has 0 amide bonds. The van der Waals surface area contributed by atoms with Crippen molar-refractivity contribution in [3.8, 4) is 5.75 Å². The van der Waals surface area contributed by atoms with E-state index in [1.807, 2.05) is 0 Å². The fraction of sp³-hybridized carbons (Fsp3) is 0.200. The molecule has 0 saturated carbocycles. The highest BCUT2D eigenvalue weighted by Crippen LogP contribution is 2.39. The lowest BCUT2D eigenvalue weighted by Gasteiger charge is -2.14. The van der Waals surface area contributed by atoms with Gasteiger partial charge in [0.25, 0.3) is 5.24 Å². The van der Waals surface area contributed by atoms with Gasteiger partial charge < -0.3 is 4.74 Å². The molecule has 0 heterocycles. The van der Waals surface area contributed by atoms with Gasteiger partial charge in [-0.25, -0.2) is 0 Å². The van der Waals surface area contributed by atoms with E-state index in [4.69, 9.17) is 11.6 Å². The number of carbonyl (C=O) groups is 2. The van der Waals surface area contributed by atoms with Crippen molar-refractivity contribution in [1.82, 2.24) is 0 Å². The molecule has 0 spiro atoms. The Balaban J connectivity index is 3.62. The van der Waals surface area contributed by atoms with Gasteiger partial charge in [0.1, 0.15) is 12.0 Å². The zero-order chi connectivity index (χ0) is 13.2. The van der Waals surface area contributed by atoms with Crippen molar-refractivity contribution < 1.29 is 27.5 Å². The topological polar surface area (TPSA) is 43.4 Å². The summed E-state index contributed by atoms with van der Waals surface area (Å²) in [5.41, 5.74) is -2.01. The van der Waals surface area contributed by atoms with Gasteiger partial charge in [0.15, 0.2) is 0 Å². The van der Waals surface area contributed by atoms with E-state index in [-0.39, 0.29) is 11.8 Å². The summed E-state index contributed by atoms with van der Waals surface area (Å²) in [5.74, 6) is -0.692. The highest BCUT2D eigenvalue weighted by Gasteiger charge is 2.36. The van der Waals surface area contributed by atoms with Crippen LogP contribution in [0.4, 0.5) is 13.2 Å². The molecule has 1 rings (SSSR count). The fourth-order valence-electron chi connectivity index (χ4n) is 1.30. The summed E-state index contributed by atoms with van der Waals surface area (Å²) in [7, 11) is 0.981. The van der Waals surface area contributed by atoms with Crippen LogP contribution in [0.3, 0.4) is 0 Å². The molecule has 0 radical (unpaired) electrons. The summed E-state index contributed by atoms with van der Waals surface area (Å²) in [6.07, 6.45) is -4.55. The second-order valence-electron chi connectivity index (χ2n) is 3.04. The number of alkyl halides is 3. The molecule has 0 aliphatic rings. The highest BCUT2D eigenvalue weighted by molar-refractivity contribution is 6.68. The van der Waals surface area contributed by atoms with E-state index in [0.717, 1.165) is 13.2 Å². The van der Waals surface area contributed by atoms with Gasteiger partial charge in [0, 0.05) is 5.56 Å². The van der Waals surface area contributed by atoms with Gasteiger partial charge in [-0.2, -0.15) is 13.2 Å². The van der Waals surface area contributed by atoms with Gasteiger partial charge in [-0.15, -0.1) is 0 Å². The molecule has 0 aliphatic heterocycles. The first-order chi connectivity index (χ1) is 7.81. The Morgan fingerprint density at radius 1 is 1.41 bits per heavy atom. The Hall–Kier alpha value is -1.56. The summed E-state index contributed by atoms with van der Waals surface area (Å²) in [5, 5.41) is -1.13. The van der Waals surface area contributed by atoms with Crippen LogP contribution in [0.1, 0.15) is 26.3 Å². The van der Waals surface area contributed by atoms with Crippen LogP contribution in [0.25, 0.3) is 0 Å². The Kier molecular flexibility index (Phi) is 3.77. The molecule has 0 aliphatic carbocycles. The van der Waals surface area contributed by atoms with Crippen molar-refractivity contribution in [2.24, 2.45) is 0 Å². The number of methoxy groups -OCH3 is 1. The standard InChI is InChI=1S/C10H6ClF3O3/c1-17-8-6(9(11)16)2-5(4-15)3-7(8)10(12,13)14/h2-4H,1H3. The second-order valence-corrected chi connectivity index (χ2v) is 3.38. The lowest BCUT2D eigenvalue weighted by molar-refractivity contribution is -0.138. The lowest BCUT2D eigenvalue weighted by atomic mass is 10.0. The molecule has 17 heavy (non-hydrogen) atoms. The van der Waals surface area contributed by atoms with Crippen LogP contribution in [0, 0.1) is 0 Å². The Labute approximate surface area is 99.1 Å². The molecule has 1 aromatic carbocycles. The first-order valence-corrected chi connectivity index (χ1v) is 4.63. The third-order valence-corrected chi connectivity index (χ3v) is 2.17. The monoisotopic (exact) mass is 266 g/mol. The summed E-state index contributed by atoms with van der Waals surface area (Å²) >= 11 is 5.14. The molecule has 0 N–H and O–H groups in total. The van der Waals surface area contributed by atoms with Crippen LogP contribution < -0.4 is 4.74 Å². The van der Waals surface area contributed by atoms with Gasteiger partial charge in [0.2, 0.25) is 0 Å². The Morgan fingerprint density at radius 2 is 2.00 bits per heavy atom. The van der Waals surface area contributed by atoms with Crippen LogP contribution in [-0.4, -0.2) is 18.6 Å². The average molecular weight is 267 g/mol. The van der Waals surface area contributed by atoms with Crippen molar-refractivity contribution >= 4 is 23.1 Å². The molecular weight excluding hydrogens is 261 g/mol. The molecule has 0 unspecified atom stereocenters. The van der Waals surface area contributed by atoms with Crippen molar-refractivity contribution in [1.29, 1.82) is 0 Å². The predicted octanol–water partition coefficient (Wildman–Crippen LogP) is 2.91. The minimum Gasteiger partial charge on any atom is -0.495 e. The molecule has 0 fully saturated rings. The normalized spacial score (nSPS) is 11.1. The van der Waals surface area contributed by atoms with Crippen LogP contribution in [-0.2, 0) is 6.18 Å². The van der Waals surface area contributed by atoms with Gasteiger partial charge in [-0.05, 0) is 23.7 Å². The van der Waals surface area contributed by atoms with Crippen LogP contribution in [0.5, 0.6) is 5.75 Å². The molecule has 3 nitrogen and oxygen atoms in total. The number of hydrogen-bond donors (Lipinski definition) is 0. The number of halogens is 4. The number of ether oxygens (including phenoxy) is 1. The fourth-order valence-corrected chi connectivity index (χ4v) is 1.44. The maximum Gasteiger partial charge on any atom is 0.420 e. The summed E-state index contributed by atoms with van der Waals surface area (Å²) < 4.78 is 42.5. The number of rotatable bonds is 3. The molecule has 0 atom stereocenters. The number of carbonyl (C=O) groups excluding carboxylic acids is 2. The zero-order valence-electron chi connectivity index (χ0n) is 8.47. The van der Waals surface area contributed by atoms with Crippen LogP contribution in [0.15, 0.2) is 12.1 Å². The van der Waals surface area contributed by atoms with Gasteiger partial charge in [0.05, 0.1) is 18.2 Å². The van der Waals surface area contributed by atoms with E-state index in [1.165, 1.54) is 0 Å². The molecular formula is C10H6ClF3O3. The van der Waals surface area contributed by atoms with Crippen molar-refractivity contribution in [2.45, 2.75) is 6.18 Å². The average Bonchev–Trinajstić information content (AvgIpc) is 2.25. The largest absolute Gasteiger partial charge is 0.495 e. The van der Waals surface area contributed by atoms with E-state index < -0.39 is 28.3 Å². The van der Waals surface area contributed by atoms with Crippen LogP contribution in [0.2, 0.25) is 0 Å². The Bertz CT molecular complexity index is 469. The van der Waals surface area contributed by atoms with Crippen molar-refractivity contribution in [3.63, 3.8) is 0 Å². The van der Waals surface area contributed by atoms with E-state index >= 15 is 0 Å². The van der Waals surface area contributed by atoms with Crippen molar-refractivity contribution in [3.05, 3.63) is 28.8 Å². The van der Waals surface area contributed by atoms with E-state index in [1.54, 1.807) is 0 Å². The lowest BCUT2D eigenvalue weighted by Crippen LogP contribution is -2.11. The SMILES string of the molecule is COc1c(C(=O)Cl)cc(C=O)cc1C(F)(F)F. The van der Waals surface area contributed by atoms with E-state index in [2.05, 4.69) is 4.74 Å². The van der Waals surface area contributed by atoms with Gasteiger partial charge in [-0.3, -0.25) is 9.59 Å². The van der Waals surface area contributed by atoms with Gasteiger partial charge >= 0.3 is 6.18 Å². The third kappa shape index (κ3) is 2.76.